The molecular formula is C13H20N2OS. The molecule has 0 bridgehead atoms. The van der Waals surface area contributed by atoms with Crippen molar-refractivity contribution in [1.82, 2.24) is 10.2 Å². The summed E-state index contributed by atoms with van der Waals surface area (Å²) in [6.07, 6.45) is 2.87. The zero-order valence-electron chi connectivity index (χ0n) is 10.3. The number of rotatable bonds is 5. The molecule has 1 fully saturated rings. The van der Waals surface area contributed by atoms with Crippen LogP contribution in [0.5, 0.6) is 0 Å². The van der Waals surface area contributed by atoms with Gasteiger partial charge in [-0.05, 0) is 41.8 Å². The first-order valence-electron chi connectivity index (χ1n) is 6.35. The van der Waals surface area contributed by atoms with Gasteiger partial charge in [-0.1, -0.05) is 6.92 Å². The number of hydrogen-bond acceptors (Lipinski definition) is 3. The molecule has 0 aromatic carbocycles. The van der Waals surface area contributed by atoms with Crippen LogP contribution in [0.3, 0.4) is 0 Å². The van der Waals surface area contributed by atoms with E-state index in [0.29, 0.717) is 18.4 Å². The molecule has 17 heavy (non-hydrogen) atoms. The molecule has 1 saturated heterocycles. The molecule has 2 rings (SSSR count). The largest absolute Gasteiger partial charge is 0.336 e. The van der Waals surface area contributed by atoms with Crippen molar-refractivity contribution in [1.29, 1.82) is 0 Å². The highest BCUT2D eigenvalue weighted by molar-refractivity contribution is 7.07. The number of carbonyl (C=O) groups excluding carboxylic acids is 1. The van der Waals surface area contributed by atoms with Crippen LogP contribution in [-0.4, -0.2) is 30.4 Å². The molecule has 4 heteroatoms. The van der Waals surface area contributed by atoms with Crippen molar-refractivity contribution < 1.29 is 4.79 Å². The number of nitrogens with one attached hydrogen (secondary N) is 1. The second kappa shape index (κ2) is 6.17. The highest BCUT2D eigenvalue weighted by Gasteiger charge is 2.29. The molecule has 1 amide bonds. The second-order valence-electron chi connectivity index (χ2n) is 4.41. The lowest BCUT2D eigenvalue weighted by molar-refractivity contribution is -0.132. The average molecular weight is 252 g/mol. The van der Waals surface area contributed by atoms with Gasteiger partial charge in [-0.3, -0.25) is 4.79 Å². The van der Waals surface area contributed by atoms with E-state index in [2.05, 4.69) is 34.0 Å². The third-order valence-corrected chi connectivity index (χ3v) is 3.97. The number of hydrogen-bond donors (Lipinski definition) is 1. The lowest BCUT2D eigenvalue weighted by Gasteiger charge is -2.24. The fraction of sp³-hybridized carbons (Fsp3) is 0.615. The highest BCUT2D eigenvalue weighted by atomic mass is 32.1. The minimum absolute atomic E-state index is 0.291. The van der Waals surface area contributed by atoms with Gasteiger partial charge in [-0.15, -0.1) is 0 Å². The standard InChI is InChI=1S/C13H20N2OS/c1-2-14-7-5-13(16)15-8-3-4-12(15)11-6-9-17-10-11/h6,9-10,12,14H,2-5,7-8H2,1H3. The molecule has 3 nitrogen and oxygen atoms in total. The number of nitrogens with zero attached hydrogens (tertiary/aromatic N) is 1. The summed E-state index contributed by atoms with van der Waals surface area (Å²) in [6.45, 7) is 4.71. The van der Waals surface area contributed by atoms with Gasteiger partial charge in [-0.25, -0.2) is 0 Å². The van der Waals surface area contributed by atoms with E-state index in [-0.39, 0.29) is 0 Å². The summed E-state index contributed by atoms with van der Waals surface area (Å²) >= 11 is 1.71. The van der Waals surface area contributed by atoms with E-state index in [1.807, 2.05) is 0 Å². The first-order valence-corrected chi connectivity index (χ1v) is 7.29. The van der Waals surface area contributed by atoms with Crippen LogP contribution < -0.4 is 5.32 Å². The van der Waals surface area contributed by atoms with E-state index in [4.69, 9.17) is 0 Å². The van der Waals surface area contributed by atoms with Crippen LogP contribution in [-0.2, 0) is 4.79 Å². The molecule has 0 aliphatic carbocycles. The Labute approximate surface area is 107 Å². The van der Waals surface area contributed by atoms with Gasteiger partial charge in [-0.2, -0.15) is 11.3 Å². The topological polar surface area (TPSA) is 32.3 Å². The SMILES string of the molecule is CCNCCC(=O)N1CCCC1c1ccsc1. The van der Waals surface area contributed by atoms with Crippen molar-refractivity contribution >= 4 is 17.2 Å². The first-order chi connectivity index (χ1) is 8.33. The van der Waals surface area contributed by atoms with Crippen LogP contribution in [0.15, 0.2) is 16.8 Å². The summed E-state index contributed by atoms with van der Waals surface area (Å²) < 4.78 is 0. The average Bonchev–Trinajstić information content (AvgIpc) is 2.99. The van der Waals surface area contributed by atoms with Gasteiger partial charge in [0.05, 0.1) is 6.04 Å². The number of thiophene rings is 1. The van der Waals surface area contributed by atoms with Crippen LogP contribution in [0.4, 0.5) is 0 Å². The number of carbonyl (C=O) groups is 1. The van der Waals surface area contributed by atoms with Gasteiger partial charge in [0.1, 0.15) is 0 Å². The van der Waals surface area contributed by atoms with E-state index in [0.717, 1.165) is 32.5 Å². The Morgan fingerprint density at radius 3 is 3.24 bits per heavy atom. The van der Waals surface area contributed by atoms with Gasteiger partial charge in [0.15, 0.2) is 0 Å². The number of amides is 1. The van der Waals surface area contributed by atoms with Crippen molar-refractivity contribution in [3.63, 3.8) is 0 Å². The van der Waals surface area contributed by atoms with E-state index in [1.165, 1.54) is 5.56 Å². The molecular weight excluding hydrogens is 232 g/mol. The summed E-state index contributed by atoms with van der Waals surface area (Å²) in [5, 5.41) is 7.47. The zero-order chi connectivity index (χ0) is 12.1. The molecule has 94 valence electrons. The van der Waals surface area contributed by atoms with Crippen LogP contribution in [0, 0.1) is 0 Å². The predicted octanol–water partition coefficient (Wildman–Crippen LogP) is 2.41. The molecule has 0 radical (unpaired) electrons. The second-order valence-corrected chi connectivity index (χ2v) is 5.19. The van der Waals surface area contributed by atoms with Gasteiger partial charge in [0, 0.05) is 19.5 Å². The Balaban J connectivity index is 1.93. The predicted molar refractivity (Wildman–Crippen MR) is 71.2 cm³/mol. The molecule has 1 aliphatic heterocycles. The van der Waals surface area contributed by atoms with E-state index >= 15 is 0 Å². The Morgan fingerprint density at radius 1 is 1.65 bits per heavy atom. The zero-order valence-corrected chi connectivity index (χ0v) is 11.1. The van der Waals surface area contributed by atoms with Crippen molar-refractivity contribution in [2.24, 2.45) is 0 Å². The van der Waals surface area contributed by atoms with Crippen LogP contribution >= 0.6 is 11.3 Å². The van der Waals surface area contributed by atoms with Crippen LogP contribution in [0.2, 0.25) is 0 Å². The van der Waals surface area contributed by atoms with Gasteiger partial charge < -0.3 is 10.2 Å². The molecule has 0 spiro atoms. The minimum Gasteiger partial charge on any atom is -0.336 e. The summed E-state index contributed by atoms with van der Waals surface area (Å²) in [7, 11) is 0. The van der Waals surface area contributed by atoms with E-state index in [9.17, 15) is 4.79 Å². The lowest BCUT2D eigenvalue weighted by Crippen LogP contribution is -2.32. The summed E-state index contributed by atoms with van der Waals surface area (Å²) in [5.41, 5.74) is 1.31. The Bertz CT molecular complexity index is 350. The molecule has 1 unspecified atom stereocenters. The summed E-state index contributed by atoms with van der Waals surface area (Å²) in [4.78, 5) is 14.2. The van der Waals surface area contributed by atoms with Crippen molar-refractivity contribution in [2.75, 3.05) is 19.6 Å². The summed E-state index contributed by atoms with van der Waals surface area (Å²) in [6, 6.07) is 2.47. The smallest absolute Gasteiger partial charge is 0.224 e. The minimum atomic E-state index is 0.291. The van der Waals surface area contributed by atoms with Crippen LogP contribution in [0.1, 0.15) is 37.8 Å². The van der Waals surface area contributed by atoms with Crippen molar-refractivity contribution in [3.05, 3.63) is 22.4 Å². The molecule has 1 aromatic rings. The first kappa shape index (κ1) is 12.6. The fourth-order valence-corrected chi connectivity index (χ4v) is 3.10. The Morgan fingerprint density at radius 2 is 2.53 bits per heavy atom. The van der Waals surface area contributed by atoms with Crippen molar-refractivity contribution in [3.8, 4) is 0 Å². The maximum atomic E-state index is 12.1. The third kappa shape index (κ3) is 3.07. The van der Waals surface area contributed by atoms with Gasteiger partial charge in [0.2, 0.25) is 5.91 Å². The molecule has 1 aromatic heterocycles. The third-order valence-electron chi connectivity index (χ3n) is 3.27. The molecule has 1 atom stereocenters. The maximum Gasteiger partial charge on any atom is 0.224 e. The number of likely N-dealkylation sites (tertiary alicyclic amines) is 1. The van der Waals surface area contributed by atoms with E-state index in [1.54, 1.807) is 11.3 Å². The van der Waals surface area contributed by atoms with Crippen molar-refractivity contribution in [2.45, 2.75) is 32.2 Å². The molecule has 0 saturated carbocycles. The molecule has 1 aliphatic rings. The van der Waals surface area contributed by atoms with Gasteiger partial charge >= 0.3 is 0 Å². The quantitative estimate of drug-likeness (QED) is 0.816. The Hall–Kier alpha value is -0.870. The van der Waals surface area contributed by atoms with Gasteiger partial charge in [0.25, 0.3) is 0 Å². The summed E-state index contributed by atoms with van der Waals surface area (Å²) in [5.74, 6) is 0.291. The highest BCUT2D eigenvalue weighted by Crippen LogP contribution is 2.33. The Kier molecular flexibility index (Phi) is 4.57. The van der Waals surface area contributed by atoms with E-state index < -0.39 is 0 Å². The normalized spacial score (nSPS) is 19.8. The fourth-order valence-electron chi connectivity index (χ4n) is 2.39. The maximum absolute atomic E-state index is 12.1. The monoisotopic (exact) mass is 252 g/mol. The molecule has 1 N–H and O–H groups in total. The molecule has 2 heterocycles. The van der Waals surface area contributed by atoms with Crippen LogP contribution in [0.25, 0.3) is 0 Å². The lowest BCUT2D eigenvalue weighted by atomic mass is 10.1.